The minimum Gasteiger partial charge on any atom is -0.368 e. The number of hydrogen-bond acceptors (Lipinski definition) is 3. The highest BCUT2D eigenvalue weighted by Crippen LogP contribution is 2.25. The smallest absolute Gasteiger partial charge is 0.250 e. The lowest BCUT2D eigenvalue weighted by atomic mass is 10.0. The molecule has 1 unspecified atom stereocenters. The Bertz CT molecular complexity index is 605. The molecule has 1 aromatic rings. The average Bonchev–Trinajstić information content (AvgIpc) is 2.93. The summed E-state index contributed by atoms with van der Waals surface area (Å²) >= 11 is 5.96. The molecular weight excluding hydrogens is 306 g/mol. The maximum Gasteiger partial charge on any atom is 0.250 e. The number of carbonyl (C=O) groups is 3. The molecule has 6 nitrogen and oxygen atoms in total. The van der Waals surface area contributed by atoms with Crippen molar-refractivity contribution in [1.82, 2.24) is 10.2 Å². The van der Waals surface area contributed by atoms with Crippen LogP contribution >= 0.6 is 11.6 Å². The maximum absolute atomic E-state index is 12.8. The van der Waals surface area contributed by atoms with E-state index in [1.165, 1.54) is 11.8 Å². The SMILES string of the molecule is CC(=O)NC(C(=O)N1CCC[C@H]1C(N)=O)c1cccc(Cl)c1. The number of carbonyl (C=O) groups excluding carboxylic acids is 3. The molecule has 2 rings (SSSR count). The molecule has 0 spiro atoms. The fourth-order valence-corrected chi connectivity index (χ4v) is 2.87. The van der Waals surface area contributed by atoms with E-state index in [1.54, 1.807) is 24.3 Å². The van der Waals surface area contributed by atoms with Crippen molar-refractivity contribution < 1.29 is 14.4 Å². The molecule has 2 atom stereocenters. The first-order valence-corrected chi connectivity index (χ1v) is 7.40. The van der Waals surface area contributed by atoms with Crippen LogP contribution in [0.1, 0.15) is 31.4 Å². The van der Waals surface area contributed by atoms with Gasteiger partial charge in [0, 0.05) is 18.5 Å². The summed E-state index contributed by atoms with van der Waals surface area (Å²) in [6.07, 6.45) is 1.26. The van der Waals surface area contributed by atoms with Gasteiger partial charge in [-0.2, -0.15) is 0 Å². The van der Waals surface area contributed by atoms with Crippen molar-refractivity contribution in [3.05, 3.63) is 34.9 Å². The first-order chi connectivity index (χ1) is 10.4. The van der Waals surface area contributed by atoms with Crippen molar-refractivity contribution >= 4 is 29.3 Å². The zero-order chi connectivity index (χ0) is 16.3. The number of likely N-dealkylation sites (tertiary alicyclic amines) is 1. The Morgan fingerprint density at radius 3 is 2.73 bits per heavy atom. The third-order valence-corrected chi connectivity index (χ3v) is 3.88. The molecule has 22 heavy (non-hydrogen) atoms. The molecular formula is C15H18ClN3O3. The third-order valence-electron chi connectivity index (χ3n) is 3.64. The number of benzene rings is 1. The summed E-state index contributed by atoms with van der Waals surface area (Å²) in [7, 11) is 0. The standard InChI is InChI=1S/C15H18ClN3O3/c1-9(20)18-13(10-4-2-5-11(16)8-10)15(22)19-7-3-6-12(19)14(17)21/h2,4-5,8,12-13H,3,6-7H2,1H3,(H2,17,21)(H,18,20)/t12-,13?/m0/s1. The summed E-state index contributed by atoms with van der Waals surface area (Å²) in [5.74, 6) is -1.22. The van der Waals surface area contributed by atoms with Gasteiger partial charge in [-0.05, 0) is 30.5 Å². The average molecular weight is 324 g/mol. The fraction of sp³-hybridized carbons (Fsp3) is 0.400. The number of halogens is 1. The molecule has 1 heterocycles. The molecule has 1 aromatic carbocycles. The van der Waals surface area contributed by atoms with Crippen molar-refractivity contribution in [3.63, 3.8) is 0 Å². The van der Waals surface area contributed by atoms with Gasteiger partial charge >= 0.3 is 0 Å². The predicted octanol–water partition coefficient (Wildman–Crippen LogP) is 0.993. The minimum absolute atomic E-state index is 0.340. The summed E-state index contributed by atoms with van der Waals surface area (Å²) in [4.78, 5) is 37.1. The molecule has 0 aromatic heterocycles. The Balaban J connectivity index is 2.30. The second-order valence-electron chi connectivity index (χ2n) is 5.28. The van der Waals surface area contributed by atoms with Crippen LogP contribution in [-0.2, 0) is 14.4 Å². The molecule has 0 bridgehead atoms. The van der Waals surface area contributed by atoms with Gasteiger partial charge in [-0.3, -0.25) is 14.4 Å². The zero-order valence-corrected chi connectivity index (χ0v) is 13.0. The van der Waals surface area contributed by atoms with E-state index in [2.05, 4.69) is 5.32 Å². The Morgan fingerprint density at radius 2 is 2.14 bits per heavy atom. The van der Waals surface area contributed by atoms with Crippen LogP contribution < -0.4 is 11.1 Å². The van der Waals surface area contributed by atoms with Gasteiger partial charge in [0.05, 0.1) is 0 Å². The Kier molecular flexibility index (Phi) is 5.03. The van der Waals surface area contributed by atoms with E-state index < -0.39 is 18.0 Å². The predicted molar refractivity (Wildman–Crippen MR) is 81.9 cm³/mol. The number of nitrogens with two attached hydrogens (primary N) is 1. The van der Waals surface area contributed by atoms with Gasteiger partial charge in [0.1, 0.15) is 12.1 Å². The summed E-state index contributed by atoms with van der Waals surface area (Å²) in [6, 6.07) is 5.21. The van der Waals surface area contributed by atoms with Crippen molar-refractivity contribution in [3.8, 4) is 0 Å². The van der Waals surface area contributed by atoms with Crippen molar-refractivity contribution in [2.24, 2.45) is 5.73 Å². The zero-order valence-electron chi connectivity index (χ0n) is 12.2. The van der Waals surface area contributed by atoms with E-state index in [0.717, 1.165) is 0 Å². The topological polar surface area (TPSA) is 92.5 Å². The highest BCUT2D eigenvalue weighted by molar-refractivity contribution is 6.30. The number of primary amides is 1. The van der Waals surface area contributed by atoms with Crippen LogP contribution in [-0.4, -0.2) is 35.2 Å². The molecule has 0 saturated carbocycles. The summed E-state index contributed by atoms with van der Waals surface area (Å²) in [6.45, 7) is 1.78. The van der Waals surface area contributed by atoms with Gasteiger partial charge in [0.15, 0.2) is 0 Å². The van der Waals surface area contributed by atoms with Crippen molar-refractivity contribution in [1.29, 1.82) is 0 Å². The van der Waals surface area contributed by atoms with Gasteiger partial charge in [0.2, 0.25) is 17.7 Å². The van der Waals surface area contributed by atoms with E-state index in [4.69, 9.17) is 17.3 Å². The van der Waals surface area contributed by atoms with Gasteiger partial charge in [-0.1, -0.05) is 23.7 Å². The third kappa shape index (κ3) is 3.57. The van der Waals surface area contributed by atoms with Crippen LogP contribution in [0.5, 0.6) is 0 Å². The van der Waals surface area contributed by atoms with E-state index in [-0.39, 0.29) is 11.8 Å². The number of rotatable bonds is 4. The molecule has 0 aliphatic carbocycles. The highest BCUT2D eigenvalue weighted by atomic mass is 35.5. The van der Waals surface area contributed by atoms with Crippen LogP contribution in [0.4, 0.5) is 0 Å². The van der Waals surface area contributed by atoms with Gasteiger partial charge in [-0.15, -0.1) is 0 Å². The van der Waals surface area contributed by atoms with E-state index in [1.807, 2.05) is 0 Å². The second-order valence-corrected chi connectivity index (χ2v) is 5.72. The number of nitrogens with zero attached hydrogens (tertiary/aromatic N) is 1. The Hall–Kier alpha value is -2.08. The Morgan fingerprint density at radius 1 is 1.41 bits per heavy atom. The lowest BCUT2D eigenvalue weighted by molar-refractivity contribution is -0.140. The quantitative estimate of drug-likeness (QED) is 0.865. The van der Waals surface area contributed by atoms with Crippen molar-refractivity contribution in [2.75, 3.05) is 6.54 Å². The Labute approximate surface area is 133 Å². The molecule has 3 N–H and O–H groups in total. The van der Waals surface area contributed by atoms with E-state index in [9.17, 15) is 14.4 Å². The molecule has 1 saturated heterocycles. The maximum atomic E-state index is 12.8. The first-order valence-electron chi connectivity index (χ1n) is 7.02. The molecule has 3 amide bonds. The van der Waals surface area contributed by atoms with Crippen LogP contribution in [0.2, 0.25) is 5.02 Å². The monoisotopic (exact) mass is 323 g/mol. The normalized spacial score (nSPS) is 18.8. The van der Waals surface area contributed by atoms with Crippen LogP contribution in [0, 0.1) is 0 Å². The second kappa shape index (κ2) is 6.79. The molecule has 1 fully saturated rings. The van der Waals surface area contributed by atoms with Gasteiger partial charge < -0.3 is 16.0 Å². The lowest BCUT2D eigenvalue weighted by Gasteiger charge is -2.27. The van der Waals surface area contributed by atoms with Gasteiger partial charge in [0.25, 0.3) is 0 Å². The van der Waals surface area contributed by atoms with E-state index in [0.29, 0.717) is 30.0 Å². The number of nitrogens with one attached hydrogen (secondary N) is 1. The number of hydrogen-bond donors (Lipinski definition) is 2. The molecule has 1 aliphatic heterocycles. The first kappa shape index (κ1) is 16.3. The van der Waals surface area contributed by atoms with Gasteiger partial charge in [-0.25, -0.2) is 0 Å². The summed E-state index contributed by atoms with van der Waals surface area (Å²) < 4.78 is 0. The van der Waals surface area contributed by atoms with Crippen molar-refractivity contribution in [2.45, 2.75) is 31.8 Å². The molecule has 0 radical (unpaired) electrons. The van der Waals surface area contributed by atoms with E-state index >= 15 is 0 Å². The molecule has 118 valence electrons. The largest absolute Gasteiger partial charge is 0.368 e. The molecule has 7 heteroatoms. The summed E-state index contributed by atoms with van der Waals surface area (Å²) in [5.41, 5.74) is 5.92. The fourth-order valence-electron chi connectivity index (χ4n) is 2.67. The van der Waals surface area contributed by atoms with Crippen LogP contribution in [0.15, 0.2) is 24.3 Å². The highest BCUT2D eigenvalue weighted by Gasteiger charge is 2.37. The molecule has 1 aliphatic rings. The minimum atomic E-state index is -0.879. The summed E-state index contributed by atoms with van der Waals surface area (Å²) in [5, 5.41) is 3.08. The lowest BCUT2D eigenvalue weighted by Crippen LogP contribution is -2.48. The van der Waals surface area contributed by atoms with Crippen LogP contribution in [0.3, 0.4) is 0 Å². The number of amides is 3. The van der Waals surface area contributed by atoms with Crippen LogP contribution in [0.25, 0.3) is 0 Å².